The van der Waals surface area contributed by atoms with Crippen LogP contribution in [-0.2, 0) is 16.1 Å². The summed E-state index contributed by atoms with van der Waals surface area (Å²) in [6.45, 7) is 11.3. The molecule has 2 amide bonds. The van der Waals surface area contributed by atoms with Crippen molar-refractivity contribution in [1.29, 1.82) is 0 Å². The van der Waals surface area contributed by atoms with Crippen molar-refractivity contribution in [3.05, 3.63) is 96.5 Å². The van der Waals surface area contributed by atoms with Gasteiger partial charge in [0.1, 0.15) is 35.7 Å². The van der Waals surface area contributed by atoms with E-state index in [-0.39, 0.29) is 35.6 Å². The van der Waals surface area contributed by atoms with Crippen LogP contribution >= 0.6 is 0 Å². The smallest absolute Gasteiger partial charge is 0.248 e. The second-order valence-electron chi connectivity index (χ2n) is 12.6. The van der Waals surface area contributed by atoms with Crippen molar-refractivity contribution < 1.29 is 14.4 Å². The fraction of sp³-hybridized carbons (Fsp3) is 0.286. The van der Waals surface area contributed by atoms with E-state index in [2.05, 4.69) is 38.9 Å². The van der Waals surface area contributed by atoms with Crippen LogP contribution in [0.1, 0.15) is 48.6 Å². The molecule has 0 radical (unpaired) electrons. The summed E-state index contributed by atoms with van der Waals surface area (Å²) in [6, 6.07) is 8.59. The predicted octanol–water partition coefficient (Wildman–Crippen LogP) is 5.13. The highest BCUT2D eigenvalue weighted by Gasteiger charge is 2.64. The molecule has 11 nitrogen and oxygen atoms in total. The number of carbonyl (C=O) groups is 3. The Kier molecular flexibility index (Phi) is 6.91. The zero-order valence-electron chi connectivity index (χ0n) is 26.2. The van der Waals surface area contributed by atoms with Crippen molar-refractivity contribution in [3.63, 3.8) is 0 Å². The van der Waals surface area contributed by atoms with Gasteiger partial charge in [-0.15, -0.1) is 0 Å². The van der Waals surface area contributed by atoms with E-state index in [1.165, 1.54) is 6.92 Å². The van der Waals surface area contributed by atoms with Gasteiger partial charge in [-0.2, -0.15) is 5.10 Å². The summed E-state index contributed by atoms with van der Waals surface area (Å²) in [7, 11) is 0. The topological polar surface area (TPSA) is 126 Å². The van der Waals surface area contributed by atoms with Crippen molar-refractivity contribution >= 4 is 40.1 Å². The molecule has 4 aromatic rings. The molecule has 1 aromatic carbocycles. The number of nitrogens with one attached hydrogen (secondary N) is 1. The molecule has 1 N–H and O–H groups in total. The van der Waals surface area contributed by atoms with E-state index in [9.17, 15) is 14.4 Å². The number of aromatic nitrogens is 5. The van der Waals surface area contributed by atoms with E-state index in [1.807, 2.05) is 67.4 Å². The summed E-state index contributed by atoms with van der Waals surface area (Å²) in [6.07, 6.45) is 12.4. The van der Waals surface area contributed by atoms with E-state index >= 15 is 0 Å². The van der Waals surface area contributed by atoms with Crippen LogP contribution in [0.4, 0.5) is 11.6 Å². The maximum absolute atomic E-state index is 14.1. The van der Waals surface area contributed by atoms with Crippen LogP contribution in [-0.4, -0.2) is 59.3 Å². The molecule has 1 saturated heterocycles. The second kappa shape index (κ2) is 10.9. The third-order valence-corrected chi connectivity index (χ3v) is 9.17. The zero-order valence-corrected chi connectivity index (χ0v) is 26.2. The lowest BCUT2D eigenvalue weighted by Crippen LogP contribution is -2.46. The molecule has 3 aliphatic rings. The number of anilines is 2. The van der Waals surface area contributed by atoms with Gasteiger partial charge in [-0.25, -0.2) is 15.0 Å². The number of aryl methyl sites for hydroxylation is 2. The number of carbonyl (C=O) groups excluding carboxylic acids is 3. The first-order valence-electron chi connectivity index (χ1n) is 15.3. The van der Waals surface area contributed by atoms with Gasteiger partial charge in [0.15, 0.2) is 5.78 Å². The molecule has 1 saturated carbocycles. The fourth-order valence-corrected chi connectivity index (χ4v) is 6.72. The lowest BCUT2D eigenvalue weighted by Gasteiger charge is -2.27. The van der Waals surface area contributed by atoms with Crippen LogP contribution in [0.25, 0.3) is 22.0 Å². The lowest BCUT2D eigenvalue weighted by molar-refractivity contribution is -0.138. The van der Waals surface area contributed by atoms with Crippen LogP contribution in [0.2, 0.25) is 0 Å². The summed E-state index contributed by atoms with van der Waals surface area (Å²) < 4.78 is 1.60. The first-order valence-corrected chi connectivity index (χ1v) is 15.3. The first kappa shape index (κ1) is 29.3. The van der Waals surface area contributed by atoms with Gasteiger partial charge >= 0.3 is 0 Å². The number of likely N-dealkylation sites (tertiary alicyclic amines) is 1. The molecule has 2 aliphatic heterocycles. The summed E-state index contributed by atoms with van der Waals surface area (Å²) in [5.74, 6) is 0.987. The summed E-state index contributed by atoms with van der Waals surface area (Å²) >= 11 is 0. The quantitative estimate of drug-likeness (QED) is 0.284. The maximum Gasteiger partial charge on any atom is 0.248 e. The largest absolute Gasteiger partial charge is 0.325 e. The van der Waals surface area contributed by atoms with Crippen molar-refractivity contribution in [2.45, 2.75) is 59.2 Å². The number of benzene rings is 1. The summed E-state index contributed by atoms with van der Waals surface area (Å²) in [4.78, 5) is 57.3. The zero-order chi connectivity index (χ0) is 32.3. The molecule has 1 aliphatic carbocycles. The van der Waals surface area contributed by atoms with Crippen LogP contribution in [0.15, 0.2) is 79.4 Å². The Morgan fingerprint density at radius 1 is 1.07 bits per heavy atom. The normalized spacial score (nSPS) is 21.5. The molecule has 7 rings (SSSR count). The number of ketones is 1. The molecular weight excluding hydrogens is 580 g/mol. The van der Waals surface area contributed by atoms with Crippen molar-refractivity contribution in [2.75, 3.05) is 10.2 Å². The molecule has 2 fully saturated rings. The number of hydrogen-bond acceptors (Lipinski definition) is 8. The van der Waals surface area contributed by atoms with Crippen molar-refractivity contribution in [1.82, 2.24) is 29.6 Å². The third kappa shape index (κ3) is 5.07. The van der Waals surface area contributed by atoms with Gasteiger partial charge in [0.05, 0.1) is 5.52 Å². The van der Waals surface area contributed by atoms with Crippen LogP contribution in [0, 0.1) is 19.3 Å². The van der Waals surface area contributed by atoms with E-state index < -0.39 is 6.04 Å². The minimum Gasteiger partial charge on any atom is -0.325 e. The number of amides is 2. The highest BCUT2D eigenvalue weighted by molar-refractivity contribution is 6.07. The molecule has 232 valence electrons. The second-order valence-corrected chi connectivity index (χ2v) is 12.6. The average molecular weight is 615 g/mol. The van der Waals surface area contributed by atoms with E-state index in [4.69, 9.17) is 0 Å². The number of Topliss-reactive ketones (excluding diaryl/α,β-unsaturated/α-hetero) is 1. The number of fused-ring (bicyclic) bond motifs is 2. The fourth-order valence-electron chi connectivity index (χ4n) is 6.72. The Morgan fingerprint density at radius 2 is 1.85 bits per heavy atom. The molecule has 11 heteroatoms. The van der Waals surface area contributed by atoms with E-state index in [0.29, 0.717) is 40.5 Å². The maximum atomic E-state index is 14.1. The highest BCUT2D eigenvalue weighted by Crippen LogP contribution is 2.59. The molecule has 5 heterocycles. The monoisotopic (exact) mass is 614 g/mol. The number of hydrogen-bond donors (Lipinski definition) is 1. The predicted molar refractivity (Wildman–Crippen MR) is 175 cm³/mol. The lowest BCUT2D eigenvalue weighted by atomic mass is 10.0. The Bertz CT molecular complexity index is 2010. The molecule has 46 heavy (non-hydrogen) atoms. The first-order chi connectivity index (χ1) is 22.0. The number of allylic oxidation sites excluding steroid dienone is 3. The minimum atomic E-state index is -0.655. The van der Waals surface area contributed by atoms with Gasteiger partial charge in [-0.1, -0.05) is 25.6 Å². The molecule has 0 bridgehead atoms. The SMILES string of the molecule is C=C1C=CC=CN1c1cccc(NC(=O)[C@@H]2C[C@@]3(C)C[C@H]3N2C(=O)Cn2nc(C(C)=O)c3cc(-c4cnc(C)nc4)cc(C)c32)n1. The van der Waals surface area contributed by atoms with Crippen LogP contribution in [0.5, 0.6) is 0 Å². The molecule has 0 spiro atoms. The van der Waals surface area contributed by atoms with Gasteiger partial charge in [0.25, 0.3) is 0 Å². The Labute approximate surface area is 266 Å². The van der Waals surface area contributed by atoms with Gasteiger partial charge in [0.2, 0.25) is 11.8 Å². The highest BCUT2D eigenvalue weighted by atomic mass is 16.2. The number of rotatable bonds is 7. The average Bonchev–Trinajstić information content (AvgIpc) is 3.38. The van der Waals surface area contributed by atoms with Crippen LogP contribution in [0.3, 0.4) is 0 Å². The van der Waals surface area contributed by atoms with Gasteiger partial charge in [-0.05, 0) is 79.6 Å². The van der Waals surface area contributed by atoms with E-state index in [1.54, 1.807) is 28.0 Å². The molecular formula is C35H34N8O3. The molecule has 0 unspecified atom stereocenters. The summed E-state index contributed by atoms with van der Waals surface area (Å²) in [5.41, 5.74) is 4.18. The van der Waals surface area contributed by atoms with Crippen molar-refractivity contribution in [3.8, 4) is 11.1 Å². The number of pyridine rings is 1. The Balaban J connectivity index is 1.15. The van der Waals surface area contributed by atoms with Crippen molar-refractivity contribution in [2.24, 2.45) is 5.41 Å². The minimum absolute atomic E-state index is 0.0352. The third-order valence-electron chi connectivity index (χ3n) is 9.17. The molecule has 3 aromatic heterocycles. The van der Waals surface area contributed by atoms with E-state index in [0.717, 1.165) is 28.8 Å². The number of piperidine rings is 1. The number of nitrogens with zero attached hydrogens (tertiary/aromatic N) is 7. The Morgan fingerprint density at radius 3 is 2.59 bits per heavy atom. The molecule has 3 atom stereocenters. The van der Waals surface area contributed by atoms with Gasteiger partial charge in [-0.3, -0.25) is 19.1 Å². The Hall–Kier alpha value is -5.45. The standard InChI is InChI=1S/C35H34N8O3/c1-20-13-24(25-17-36-23(4)37-18-25)14-26-32(22(3)44)40-42(33(20)26)19-31(45)43-27(15-35(5)16-28(35)43)34(46)39-29-10-8-11-30(38-29)41-12-7-6-9-21(41)2/h6-14,17-18,27-28H,2,15-16,19H2,1,3-5H3,(H,38,39,46)/t27-,28+,35-/m0/s1. The van der Waals surface area contributed by atoms with Gasteiger partial charge < -0.3 is 15.1 Å². The van der Waals surface area contributed by atoms with Gasteiger partial charge in [0, 0.05) is 48.2 Å². The summed E-state index contributed by atoms with van der Waals surface area (Å²) in [5, 5.41) is 8.23. The van der Waals surface area contributed by atoms with Crippen LogP contribution < -0.4 is 10.2 Å².